The van der Waals surface area contributed by atoms with Crippen LogP contribution in [-0.2, 0) is 71.2 Å². The van der Waals surface area contributed by atoms with E-state index in [-0.39, 0.29) is 52.9 Å². The van der Waals surface area contributed by atoms with E-state index in [1.165, 1.54) is 46.3 Å². The molecular weight excluding hydrogens is 1160 g/mol. The third kappa shape index (κ3) is 12.4. The van der Waals surface area contributed by atoms with E-state index >= 15 is 0 Å². The molecule has 6 aromatic rings. The molecule has 3 fully saturated rings. The lowest BCUT2D eigenvalue weighted by Gasteiger charge is -2.28. The van der Waals surface area contributed by atoms with E-state index in [1.807, 2.05) is 0 Å². The highest BCUT2D eigenvalue weighted by Gasteiger charge is 2.58. The lowest BCUT2D eigenvalue weighted by atomic mass is 9.95. The molecule has 3 aliphatic rings. The van der Waals surface area contributed by atoms with Crippen LogP contribution in [0.4, 0.5) is 11.8 Å². The number of hydrogen-bond donors (Lipinski definition) is 10. The number of nitrogens with two attached hydrogens (primary N) is 2. The maximum absolute atomic E-state index is 14.6. The molecule has 8 heterocycles. The number of methoxy groups -OCH3 is 2. The first-order valence-corrected chi connectivity index (χ1v) is 29.7. The number of nitrogens with one attached hydrogen (secondary N) is 2. The van der Waals surface area contributed by atoms with Crippen LogP contribution in [0.25, 0.3) is 22.3 Å². The van der Waals surface area contributed by atoms with Crippen molar-refractivity contribution < 1.29 is 103 Å². The maximum atomic E-state index is 14.6. The zero-order chi connectivity index (χ0) is 57.6. The van der Waals surface area contributed by atoms with Gasteiger partial charge in [0.15, 0.2) is 36.4 Å². The topological polar surface area (TPSA) is 496 Å². The molecule has 3 aliphatic heterocycles. The Morgan fingerprint density at radius 1 is 0.775 bits per heavy atom. The minimum Gasteiger partial charge on any atom is -0.483 e. The second-order valence-electron chi connectivity index (χ2n) is 18.1. The van der Waals surface area contributed by atoms with Crippen LogP contribution in [0.15, 0.2) is 76.0 Å². The predicted molar refractivity (Wildman–Crippen MR) is 265 cm³/mol. The van der Waals surface area contributed by atoms with Crippen LogP contribution in [-0.4, -0.2) is 162 Å². The number of nitrogen functional groups attached to an aromatic ring is 2. The summed E-state index contributed by atoms with van der Waals surface area (Å²) in [5.74, 6) is -1.07. The van der Waals surface area contributed by atoms with Crippen molar-refractivity contribution in [1.82, 2.24) is 43.6 Å². The van der Waals surface area contributed by atoms with Crippen molar-refractivity contribution in [2.45, 2.75) is 73.5 Å². The molecule has 36 nitrogen and oxygen atoms in total. The summed E-state index contributed by atoms with van der Waals surface area (Å²) in [6, 6.07) is 8.99. The normalized spacial score (nSPS) is 29.1. The first-order chi connectivity index (χ1) is 37.8. The van der Waals surface area contributed by atoms with Crippen molar-refractivity contribution in [3.05, 3.63) is 92.8 Å². The Hall–Kier alpha value is -5.52. The zero-order valence-electron chi connectivity index (χ0n) is 41.8. The van der Waals surface area contributed by atoms with Crippen LogP contribution in [0.5, 0.6) is 5.75 Å². The molecule has 3 saturated heterocycles. The highest BCUT2D eigenvalue weighted by molar-refractivity contribution is 7.66. The molecule has 0 spiro atoms. The van der Waals surface area contributed by atoms with Crippen molar-refractivity contribution in [2.24, 2.45) is 13.0 Å². The van der Waals surface area contributed by atoms with Gasteiger partial charge in [-0.15, -0.1) is 0 Å². The minimum absolute atomic E-state index is 0.00428. The van der Waals surface area contributed by atoms with Crippen molar-refractivity contribution in [3.8, 4) is 5.75 Å². The van der Waals surface area contributed by atoms with E-state index in [1.54, 1.807) is 18.2 Å². The number of aryl methyl sites for hydroxylation is 1. The molecule has 0 radical (unpaired) electrons. The molecule has 5 unspecified atom stereocenters. The van der Waals surface area contributed by atoms with Gasteiger partial charge in [0, 0.05) is 39.0 Å². The quantitative estimate of drug-likeness (QED) is 0.0260. The maximum Gasteiger partial charge on any atom is 0.490 e. The SMILES string of the molecule is COCC[C@H]1[C@@H](O)[C@H]([n+]2cn(C)c3c(=O)[nH]c(N)nc32)O[C@@H]1COP(=O)(O)OP(=O)(O)OP(=O)(O)OCC1O[C@@H](n2cnc3c(N)ncnc32)[C@H](OC)[C@@H]1P(=O)(O)OC[C@H]1O[C@@H](n2ccc(=O)[nH]c2=O)[C@H](Oc2ccccc2)[C@@H]1O. The lowest BCUT2D eigenvalue weighted by molar-refractivity contribution is -0.745. The number of ether oxygens (including phenoxy) is 6. The number of nitrogens with zero attached hydrogens (tertiary/aromatic N) is 8. The number of aromatic nitrogens is 10. The highest BCUT2D eigenvalue weighted by atomic mass is 31.3. The molecule has 0 saturated carbocycles. The summed E-state index contributed by atoms with van der Waals surface area (Å²) in [7, 11) is -19.4. The number of aromatic amines is 2. The Balaban J connectivity index is 0.903. The highest BCUT2D eigenvalue weighted by Crippen LogP contribution is 2.68. The number of hydrogen-bond acceptors (Lipinski definition) is 26. The molecule has 0 aliphatic carbocycles. The van der Waals surface area contributed by atoms with Crippen LogP contribution in [0, 0.1) is 5.92 Å². The van der Waals surface area contributed by atoms with Gasteiger partial charge in [0.25, 0.3) is 17.1 Å². The Morgan fingerprint density at radius 2 is 1.44 bits per heavy atom. The Labute approximate surface area is 448 Å². The number of fused-ring (bicyclic) bond motifs is 2. The van der Waals surface area contributed by atoms with Crippen LogP contribution >= 0.6 is 31.1 Å². The van der Waals surface area contributed by atoms with Gasteiger partial charge in [-0.1, -0.05) is 23.2 Å². The van der Waals surface area contributed by atoms with Crippen molar-refractivity contribution in [1.29, 1.82) is 0 Å². The van der Waals surface area contributed by atoms with E-state index in [0.717, 1.165) is 36.6 Å². The predicted octanol–water partition coefficient (Wildman–Crippen LogP) is -1.43. The van der Waals surface area contributed by atoms with Crippen molar-refractivity contribution in [2.75, 3.05) is 52.1 Å². The number of anilines is 2. The van der Waals surface area contributed by atoms with Gasteiger partial charge in [-0.2, -0.15) is 8.62 Å². The average Bonchev–Trinajstić information content (AvgIpc) is 4.20. The number of aliphatic hydroxyl groups excluding tert-OH is 2. The van der Waals surface area contributed by atoms with Crippen LogP contribution < -0.4 is 37.6 Å². The molecule has 436 valence electrons. The minimum atomic E-state index is -6.20. The van der Waals surface area contributed by atoms with Gasteiger partial charge in [-0.05, 0) is 18.6 Å². The van der Waals surface area contributed by atoms with Gasteiger partial charge < -0.3 is 74.2 Å². The smallest absolute Gasteiger partial charge is 0.483 e. The number of para-hydroxylation sites is 1. The van der Waals surface area contributed by atoms with Gasteiger partial charge in [-0.3, -0.25) is 46.9 Å². The van der Waals surface area contributed by atoms with Gasteiger partial charge >= 0.3 is 42.4 Å². The van der Waals surface area contributed by atoms with E-state index in [9.17, 15) is 62.4 Å². The summed E-state index contributed by atoms with van der Waals surface area (Å²) in [4.78, 5) is 102. The van der Waals surface area contributed by atoms with Gasteiger partial charge in [0.1, 0.15) is 53.8 Å². The molecule has 0 amide bonds. The fourth-order valence-corrected chi connectivity index (χ4v) is 14.7. The van der Waals surface area contributed by atoms with Crippen LogP contribution in [0.1, 0.15) is 25.1 Å². The Morgan fingerprint density at radius 3 is 2.11 bits per heavy atom. The average molecular weight is 1210 g/mol. The molecule has 40 heteroatoms. The molecule has 9 rings (SSSR count). The molecule has 1 aromatic carbocycles. The van der Waals surface area contributed by atoms with E-state index in [0.29, 0.717) is 0 Å². The molecule has 5 aromatic heterocycles. The standard InChI is InChI=1S/C40H52N12O24P4/c1-49-18-52(34-26(49)35(56)48-39(42)47-34)36-27(54)20(10-12-66-2)21(72-36)13-69-78(60,61)75-80(64,65)76-79(62,63)70-15-23-31(30(67-3)38(74-23)51-17-45-25-32(41)43-16-44-33(25)51)77(58,59)68-14-22-28(55)29(71-19-7-5-4-6-8-19)37(73-22)50-11-9-24(53)46-40(50)57/h4-9,11,16-18,20-23,27-31,36-38,54-55H,10,12-15H2,1-3H3,(H9-,41,42,43,44,46,47,48,53,56,57,58,59,60,61,62,63,64,65)/p+1/t20-,21-,22-,23?,27-,28-,29-,30-,31-,36-,37-,38-/m1/s1. The molecular formula is C40H53N12O24P4+. The summed E-state index contributed by atoms with van der Waals surface area (Å²) >= 11 is 0. The van der Waals surface area contributed by atoms with Gasteiger partial charge in [-0.25, -0.2) is 38.0 Å². The fourth-order valence-electron chi connectivity index (χ4n) is 9.45. The number of phosphoric ester groups is 2. The third-order valence-corrected chi connectivity index (χ3v) is 19.1. The van der Waals surface area contributed by atoms with Crippen molar-refractivity contribution >= 4 is 65.2 Å². The van der Waals surface area contributed by atoms with E-state index in [4.69, 9.17) is 53.5 Å². The fraction of sp³-hybridized carbons (Fsp3) is 0.500. The molecule has 0 bridgehead atoms. The first-order valence-electron chi connectivity index (χ1n) is 23.5. The number of imidazole rings is 2. The number of aliphatic hydroxyl groups is 2. The summed E-state index contributed by atoms with van der Waals surface area (Å²) in [6.45, 7) is -3.13. The monoisotopic (exact) mass is 1210 g/mol. The lowest BCUT2D eigenvalue weighted by Crippen LogP contribution is -2.45. The Bertz CT molecular complexity index is 3610. The van der Waals surface area contributed by atoms with E-state index < -0.39 is 141 Å². The zero-order valence-corrected chi connectivity index (χ0v) is 45.4. The number of phosphoric acid groups is 3. The van der Waals surface area contributed by atoms with Crippen LogP contribution in [0.3, 0.4) is 0 Å². The second-order valence-corrected chi connectivity index (χ2v) is 24.7. The largest absolute Gasteiger partial charge is 0.490 e. The number of rotatable bonds is 23. The first kappa shape index (κ1) is 59.1. The summed E-state index contributed by atoms with van der Waals surface area (Å²) < 4.78 is 118. The Kier molecular flexibility index (Phi) is 17.3. The van der Waals surface area contributed by atoms with E-state index in [2.05, 4.69) is 38.5 Å². The summed E-state index contributed by atoms with van der Waals surface area (Å²) in [6.07, 6.45) is -10.5. The van der Waals surface area contributed by atoms with Crippen LogP contribution in [0.2, 0.25) is 0 Å². The molecule has 80 heavy (non-hydrogen) atoms. The number of benzene rings is 1. The van der Waals surface area contributed by atoms with Gasteiger partial charge in [0.2, 0.25) is 11.7 Å². The molecule has 16 atom stereocenters. The van der Waals surface area contributed by atoms with Gasteiger partial charge in [0.05, 0.1) is 39.3 Å². The second kappa shape index (κ2) is 23.4. The summed E-state index contributed by atoms with van der Waals surface area (Å²) in [5.41, 5.74) is 7.55. The third-order valence-electron chi connectivity index (χ3n) is 13.0. The van der Waals surface area contributed by atoms with Crippen molar-refractivity contribution in [3.63, 3.8) is 0 Å². The summed E-state index contributed by atoms with van der Waals surface area (Å²) in [5, 5.41) is 23.0. The number of H-pyrrole nitrogens is 2. The molecule has 12 N–H and O–H groups in total.